The summed E-state index contributed by atoms with van der Waals surface area (Å²) in [7, 11) is 1.67. The number of aromatic nitrogens is 3. The van der Waals surface area contributed by atoms with Crippen molar-refractivity contribution in [1.29, 1.82) is 0 Å². The summed E-state index contributed by atoms with van der Waals surface area (Å²) in [5.74, 6) is 2.42. The van der Waals surface area contributed by atoms with Gasteiger partial charge in [0.25, 0.3) is 0 Å². The van der Waals surface area contributed by atoms with Crippen molar-refractivity contribution < 1.29 is 4.74 Å². The molecule has 0 saturated carbocycles. The van der Waals surface area contributed by atoms with Crippen LogP contribution in [-0.4, -0.2) is 22.3 Å². The molecule has 1 aromatic heterocycles. The molecule has 0 saturated heterocycles. The van der Waals surface area contributed by atoms with Crippen molar-refractivity contribution >= 4 is 0 Å². The first-order valence-electron chi connectivity index (χ1n) is 7.56. The third-order valence-electron chi connectivity index (χ3n) is 3.67. The van der Waals surface area contributed by atoms with E-state index in [4.69, 9.17) is 4.74 Å². The second-order valence-corrected chi connectivity index (χ2v) is 5.35. The Morgan fingerprint density at radius 1 is 1.09 bits per heavy atom. The summed E-state index contributed by atoms with van der Waals surface area (Å²) in [6.45, 7) is 2.62. The summed E-state index contributed by atoms with van der Waals surface area (Å²) in [5.41, 5.74) is 2.32. The van der Waals surface area contributed by atoms with Gasteiger partial charge in [-0.25, -0.2) is 4.98 Å². The highest BCUT2D eigenvalue weighted by atomic mass is 16.5. The molecule has 2 aromatic carbocycles. The van der Waals surface area contributed by atoms with E-state index in [1.807, 2.05) is 37.3 Å². The zero-order valence-electron chi connectivity index (χ0n) is 13.3. The second kappa shape index (κ2) is 7.07. The molecule has 118 valence electrons. The fraction of sp³-hybridized carbons (Fsp3) is 0.222. The van der Waals surface area contributed by atoms with Crippen LogP contribution in [-0.2, 0) is 6.54 Å². The highest BCUT2D eigenvalue weighted by molar-refractivity contribution is 5.28. The number of ether oxygens (including phenoxy) is 1. The summed E-state index contributed by atoms with van der Waals surface area (Å²) in [6, 6.07) is 18.2. The molecule has 0 aliphatic heterocycles. The van der Waals surface area contributed by atoms with E-state index in [1.165, 1.54) is 5.56 Å². The molecule has 2 N–H and O–H groups in total. The number of benzene rings is 2. The van der Waals surface area contributed by atoms with Gasteiger partial charge in [0.05, 0.1) is 13.2 Å². The number of nitrogens with one attached hydrogen (secondary N) is 2. The SMILES string of the molecule is COc1ccc(CN[C@H](c2ccccc2)c2n[nH]c(C)n2)cc1. The molecule has 0 fully saturated rings. The molecule has 0 bridgehead atoms. The Morgan fingerprint density at radius 3 is 2.43 bits per heavy atom. The summed E-state index contributed by atoms with van der Waals surface area (Å²) in [6.07, 6.45) is 0. The summed E-state index contributed by atoms with van der Waals surface area (Å²) < 4.78 is 5.19. The number of rotatable bonds is 6. The Labute approximate surface area is 135 Å². The number of hydrogen-bond donors (Lipinski definition) is 2. The zero-order valence-corrected chi connectivity index (χ0v) is 13.3. The van der Waals surface area contributed by atoms with E-state index < -0.39 is 0 Å². The summed E-state index contributed by atoms with van der Waals surface area (Å²) in [5, 5.41) is 10.8. The first kappa shape index (κ1) is 15.2. The van der Waals surface area contributed by atoms with Gasteiger partial charge in [-0.2, -0.15) is 5.10 Å². The molecule has 3 aromatic rings. The molecule has 1 atom stereocenters. The average molecular weight is 308 g/mol. The molecule has 0 aliphatic rings. The second-order valence-electron chi connectivity index (χ2n) is 5.35. The van der Waals surface area contributed by atoms with E-state index in [0.717, 1.165) is 29.5 Å². The molecule has 23 heavy (non-hydrogen) atoms. The van der Waals surface area contributed by atoms with Crippen molar-refractivity contribution in [2.24, 2.45) is 0 Å². The Bertz CT molecular complexity index is 737. The Kier molecular flexibility index (Phi) is 4.68. The van der Waals surface area contributed by atoms with E-state index in [2.05, 4.69) is 44.8 Å². The quantitative estimate of drug-likeness (QED) is 0.735. The smallest absolute Gasteiger partial charge is 0.172 e. The van der Waals surface area contributed by atoms with Gasteiger partial charge in [-0.15, -0.1) is 0 Å². The van der Waals surface area contributed by atoms with Crippen LogP contribution in [0.15, 0.2) is 54.6 Å². The molecule has 0 unspecified atom stereocenters. The molecule has 0 aliphatic carbocycles. The molecule has 5 heteroatoms. The van der Waals surface area contributed by atoms with Gasteiger partial charge in [-0.1, -0.05) is 42.5 Å². The van der Waals surface area contributed by atoms with Gasteiger partial charge in [-0.05, 0) is 30.2 Å². The maximum Gasteiger partial charge on any atom is 0.172 e. The molecular formula is C18H20N4O. The minimum Gasteiger partial charge on any atom is -0.497 e. The van der Waals surface area contributed by atoms with Crippen molar-refractivity contribution in [2.75, 3.05) is 7.11 Å². The van der Waals surface area contributed by atoms with Gasteiger partial charge in [0.1, 0.15) is 11.6 Å². The van der Waals surface area contributed by atoms with Crippen LogP contribution in [0.1, 0.15) is 28.8 Å². The molecule has 1 heterocycles. The van der Waals surface area contributed by atoms with Gasteiger partial charge in [0.15, 0.2) is 5.82 Å². The minimum atomic E-state index is -0.0525. The minimum absolute atomic E-state index is 0.0525. The third-order valence-corrected chi connectivity index (χ3v) is 3.67. The number of H-pyrrole nitrogens is 1. The number of nitrogens with zero attached hydrogens (tertiary/aromatic N) is 2. The van der Waals surface area contributed by atoms with Crippen LogP contribution in [0.4, 0.5) is 0 Å². The van der Waals surface area contributed by atoms with Crippen LogP contribution >= 0.6 is 0 Å². The largest absolute Gasteiger partial charge is 0.497 e. The molecule has 0 spiro atoms. The van der Waals surface area contributed by atoms with Crippen LogP contribution in [0.25, 0.3) is 0 Å². The Morgan fingerprint density at radius 2 is 1.83 bits per heavy atom. The highest BCUT2D eigenvalue weighted by Crippen LogP contribution is 2.20. The normalized spacial score (nSPS) is 12.1. The van der Waals surface area contributed by atoms with E-state index in [-0.39, 0.29) is 6.04 Å². The Hall–Kier alpha value is -2.66. The number of hydrogen-bond acceptors (Lipinski definition) is 4. The van der Waals surface area contributed by atoms with Gasteiger partial charge in [0, 0.05) is 6.54 Å². The van der Waals surface area contributed by atoms with Gasteiger partial charge in [-0.3, -0.25) is 10.4 Å². The van der Waals surface area contributed by atoms with Crippen molar-refractivity contribution in [3.8, 4) is 5.75 Å². The highest BCUT2D eigenvalue weighted by Gasteiger charge is 2.17. The topological polar surface area (TPSA) is 62.8 Å². The van der Waals surface area contributed by atoms with E-state index >= 15 is 0 Å². The summed E-state index contributed by atoms with van der Waals surface area (Å²) >= 11 is 0. The van der Waals surface area contributed by atoms with E-state index in [9.17, 15) is 0 Å². The average Bonchev–Trinajstić information content (AvgIpc) is 3.03. The maximum absolute atomic E-state index is 5.19. The fourth-order valence-corrected chi connectivity index (χ4v) is 2.46. The Balaban J connectivity index is 1.78. The van der Waals surface area contributed by atoms with Crippen LogP contribution in [0.2, 0.25) is 0 Å². The predicted octanol–water partition coefficient (Wildman–Crippen LogP) is 3.00. The maximum atomic E-state index is 5.19. The monoisotopic (exact) mass is 308 g/mol. The fourth-order valence-electron chi connectivity index (χ4n) is 2.46. The van der Waals surface area contributed by atoms with Crippen molar-refractivity contribution in [1.82, 2.24) is 20.5 Å². The molecule has 0 amide bonds. The standard InChI is InChI=1S/C18H20N4O/c1-13-20-18(22-21-13)17(15-6-4-3-5-7-15)19-12-14-8-10-16(23-2)11-9-14/h3-11,17,19H,12H2,1-2H3,(H,20,21,22)/t17-/m1/s1. The number of aryl methyl sites for hydroxylation is 1. The molecule has 3 rings (SSSR count). The van der Waals surface area contributed by atoms with Crippen LogP contribution < -0.4 is 10.1 Å². The molecule has 5 nitrogen and oxygen atoms in total. The first-order valence-corrected chi connectivity index (χ1v) is 7.56. The lowest BCUT2D eigenvalue weighted by Gasteiger charge is -2.16. The van der Waals surface area contributed by atoms with Crippen molar-refractivity contribution in [3.63, 3.8) is 0 Å². The van der Waals surface area contributed by atoms with Gasteiger partial charge in [0.2, 0.25) is 0 Å². The van der Waals surface area contributed by atoms with Crippen LogP contribution in [0.3, 0.4) is 0 Å². The molecule has 0 radical (unpaired) electrons. The zero-order chi connectivity index (χ0) is 16.1. The van der Waals surface area contributed by atoms with E-state index in [0.29, 0.717) is 0 Å². The number of aromatic amines is 1. The lowest BCUT2D eigenvalue weighted by Crippen LogP contribution is -2.23. The van der Waals surface area contributed by atoms with Crippen molar-refractivity contribution in [3.05, 3.63) is 77.4 Å². The lowest BCUT2D eigenvalue weighted by atomic mass is 10.1. The van der Waals surface area contributed by atoms with Crippen LogP contribution in [0, 0.1) is 6.92 Å². The van der Waals surface area contributed by atoms with Gasteiger partial charge < -0.3 is 4.74 Å². The molecular weight excluding hydrogens is 288 g/mol. The van der Waals surface area contributed by atoms with Gasteiger partial charge >= 0.3 is 0 Å². The van der Waals surface area contributed by atoms with E-state index in [1.54, 1.807) is 7.11 Å². The lowest BCUT2D eigenvalue weighted by molar-refractivity contribution is 0.414. The van der Waals surface area contributed by atoms with Crippen molar-refractivity contribution in [2.45, 2.75) is 19.5 Å². The third kappa shape index (κ3) is 3.76. The first-order chi connectivity index (χ1) is 11.3. The number of methoxy groups -OCH3 is 1. The van der Waals surface area contributed by atoms with Crippen LogP contribution in [0.5, 0.6) is 5.75 Å². The predicted molar refractivity (Wildman–Crippen MR) is 89.2 cm³/mol. The summed E-state index contributed by atoms with van der Waals surface area (Å²) in [4.78, 5) is 4.48.